The van der Waals surface area contributed by atoms with E-state index in [1.165, 1.54) is 37.3 Å². The number of nitrogens with zero attached hydrogens (tertiary/aromatic N) is 1. The van der Waals surface area contributed by atoms with Crippen LogP contribution in [0.2, 0.25) is 0 Å². The van der Waals surface area contributed by atoms with Gasteiger partial charge in [0.1, 0.15) is 11.5 Å². The lowest BCUT2D eigenvalue weighted by molar-refractivity contribution is -0.275. The van der Waals surface area contributed by atoms with Gasteiger partial charge in [0.05, 0.1) is 13.7 Å². The summed E-state index contributed by atoms with van der Waals surface area (Å²) in [5.41, 5.74) is 0.713. The third-order valence-corrected chi connectivity index (χ3v) is 3.65. The number of para-hydroxylation sites is 1. The molecule has 0 atom stereocenters. The Kier molecular flexibility index (Phi) is 7.43. The van der Waals surface area contributed by atoms with Crippen molar-refractivity contribution in [2.24, 2.45) is 0 Å². The van der Waals surface area contributed by atoms with Crippen LogP contribution in [0.3, 0.4) is 0 Å². The quantitative estimate of drug-likeness (QED) is 0.730. The number of alkyl halides is 3. The van der Waals surface area contributed by atoms with Gasteiger partial charge in [-0.25, -0.2) is 4.79 Å². The Labute approximate surface area is 165 Å². The molecule has 0 aliphatic heterocycles. The molecule has 7 nitrogen and oxygen atoms in total. The number of nitrogens with one attached hydrogen (secondary N) is 2. The minimum atomic E-state index is -4.81. The molecule has 0 bridgehead atoms. The molecule has 3 amide bonds. The lowest BCUT2D eigenvalue weighted by Gasteiger charge is -2.19. The van der Waals surface area contributed by atoms with Gasteiger partial charge in [-0.15, -0.1) is 13.2 Å². The number of benzene rings is 2. The van der Waals surface area contributed by atoms with E-state index in [1.54, 1.807) is 30.3 Å². The molecule has 2 rings (SSSR count). The number of carbonyl (C=O) groups excluding carboxylic acids is 2. The summed E-state index contributed by atoms with van der Waals surface area (Å²) in [4.78, 5) is 25.4. The van der Waals surface area contributed by atoms with Crippen LogP contribution in [0.1, 0.15) is 5.56 Å². The fraction of sp³-hybridized carbons (Fsp3) is 0.263. The molecule has 10 heteroatoms. The van der Waals surface area contributed by atoms with Gasteiger partial charge in [0.25, 0.3) is 0 Å². The maximum absolute atomic E-state index is 12.5. The highest BCUT2D eigenvalue weighted by Crippen LogP contribution is 2.26. The maximum atomic E-state index is 12.5. The Balaban J connectivity index is 1.86. The Morgan fingerprint density at radius 2 is 1.72 bits per heavy atom. The second kappa shape index (κ2) is 9.78. The molecule has 0 spiro atoms. The first-order valence-corrected chi connectivity index (χ1v) is 8.43. The van der Waals surface area contributed by atoms with E-state index in [1.807, 2.05) is 0 Å². The van der Waals surface area contributed by atoms with Crippen LogP contribution >= 0.6 is 0 Å². The summed E-state index contributed by atoms with van der Waals surface area (Å²) >= 11 is 0. The number of amides is 3. The first kappa shape index (κ1) is 22.0. The van der Waals surface area contributed by atoms with E-state index in [2.05, 4.69) is 15.4 Å². The van der Waals surface area contributed by atoms with Gasteiger partial charge in [0, 0.05) is 17.8 Å². The molecular weight excluding hydrogens is 391 g/mol. The fourth-order valence-corrected chi connectivity index (χ4v) is 2.45. The van der Waals surface area contributed by atoms with Gasteiger partial charge in [-0.05, 0) is 37.4 Å². The number of carbonyl (C=O) groups is 2. The number of halogens is 3. The molecule has 0 aromatic heterocycles. The van der Waals surface area contributed by atoms with E-state index in [0.29, 0.717) is 11.4 Å². The van der Waals surface area contributed by atoms with Crippen LogP contribution in [0.5, 0.6) is 11.5 Å². The zero-order chi connectivity index (χ0) is 21.4. The molecule has 0 radical (unpaired) electrons. The largest absolute Gasteiger partial charge is 0.573 e. The predicted molar refractivity (Wildman–Crippen MR) is 99.6 cm³/mol. The maximum Gasteiger partial charge on any atom is 0.573 e. The van der Waals surface area contributed by atoms with E-state index < -0.39 is 18.3 Å². The number of rotatable bonds is 7. The minimum Gasteiger partial charge on any atom is -0.497 e. The van der Waals surface area contributed by atoms with Crippen LogP contribution in [0, 0.1) is 0 Å². The third-order valence-electron chi connectivity index (χ3n) is 3.65. The highest BCUT2D eigenvalue weighted by Gasteiger charge is 2.32. The predicted octanol–water partition coefficient (Wildman–Crippen LogP) is 3.37. The van der Waals surface area contributed by atoms with Crippen LogP contribution < -0.4 is 20.1 Å². The summed E-state index contributed by atoms with van der Waals surface area (Å²) in [7, 11) is 3.04. The number of methoxy groups -OCH3 is 1. The van der Waals surface area contributed by atoms with Crippen molar-refractivity contribution in [3.05, 3.63) is 54.1 Å². The number of hydrogen-bond donors (Lipinski definition) is 2. The van der Waals surface area contributed by atoms with E-state index in [0.717, 1.165) is 0 Å². The summed E-state index contributed by atoms with van der Waals surface area (Å²) in [5.74, 6) is -0.347. The fourth-order valence-electron chi connectivity index (χ4n) is 2.45. The topological polar surface area (TPSA) is 79.9 Å². The standard InChI is InChI=1S/C19H20F3N3O4/c1-25(11-13-5-3-4-6-16(13)29-19(20,21)22)12-17(26)24-18(27)23-14-7-9-15(28-2)10-8-14/h3-10H,11-12H2,1-2H3,(H2,23,24,26,27). The second-order valence-corrected chi connectivity index (χ2v) is 6.06. The molecule has 0 heterocycles. The summed E-state index contributed by atoms with van der Waals surface area (Å²) in [6.45, 7) is -0.198. The molecule has 0 aliphatic rings. The van der Waals surface area contributed by atoms with Gasteiger partial charge < -0.3 is 14.8 Å². The van der Waals surface area contributed by atoms with Crippen molar-refractivity contribution < 1.29 is 32.2 Å². The van der Waals surface area contributed by atoms with E-state index >= 15 is 0 Å². The lowest BCUT2D eigenvalue weighted by Crippen LogP contribution is -2.40. The van der Waals surface area contributed by atoms with Gasteiger partial charge in [-0.3, -0.25) is 15.0 Å². The van der Waals surface area contributed by atoms with Crippen molar-refractivity contribution in [3.8, 4) is 11.5 Å². The lowest BCUT2D eigenvalue weighted by atomic mass is 10.2. The molecule has 2 aromatic carbocycles. The molecule has 0 aliphatic carbocycles. The Morgan fingerprint density at radius 1 is 1.07 bits per heavy atom. The van der Waals surface area contributed by atoms with E-state index in [9.17, 15) is 22.8 Å². The SMILES string of the molecule is COc1ccc(NC(=O)NC(=O)CN(C)Cc2ccccc2OC(F)(F)F)cc1. The van der Waals surface area contributed by atoms with Crippen molar-refractivity contribution in [2.45, 2.75) is 12.9 Å². The normalized spacial score (nSPS) is 11.1. The second-order valence-electron chi connectivity index (χ2n) is 6.06. The minimum absolute atomic E-state index is 0.0137. The molecule has 0 unspecified atom stereocenters. The molecule has 156 valence electrons. The van der Waals surface area contributed by atoms with Gasteiger partial charge in [-0.1, -0.05) is 18.2 Å². The number of imide groups is 1. The van der Waals surface area contributed by atoms with Crippen LogP contribution in [0.4, 0.5) is 23.7 Å². The van der Waals surface area contributed by atoms with Gasteiger partial charge in [0.15, 0.2) is 0 Å². The summed E-state index contributed by atoms with van der Waals surface area (Å²) in [5, 5.41) is 4.65. The van der Waals surface area contributed by atoms with Crippen molar-refractivity contribution in [1.82, 2.24) is 10.2 Å². The van der Waals surface area contributed by atoms with Gasteiger partial charge in [0.2, 0.25) is 5.91 Å². The average molecular weight is 411 g/mol. The molecular formula is C19H20F3N3O4. The molecule has 2 N–H and O–H groups in total. The number of likely N-dealkylation sites (N-methyl/N-ethyl adjacent to an activating group) is 1. The highest BCUT2D eigenvalue weighted by atomic mass is 19.4. The number of ether oxygens (including phenoxy) is 2. The smallest absolute Gasteiger partial charge is 0.497 e. The molecule has 0 saturated carbocycles. The molecule has 0 saturated heterocycles. The highest BCUT2D eigenvalue weighted by molar-refractivity contribution is 6.01. The number of urea groups is 1. The third kappa shape index (κ3) is 7.70. The average Bonchev–Trinajstić information content (AvgIpc) is 2.62. The van der Waals surface area contributed by atoms with Crippen LogP contribution in [0.15, 0.2) is 48.5 Å². The van der Waals surface area contributed by atoms with Gasteiger partial charge >= 0.3 is 12.4 Å². The zero-order valence-corrected chi connectivity index (χ0v) is 15.7. The summed E-state index contributed by atoms with van der Waals surface area (Å²) in [6.07, 6.45) is -4.81. The number of anilines is 1. The van der Waals surface area contributed by atoms with E-state index in [4.69, 9.17) is 4.74 Å². The Morgan fingerprint density at radius 3 is 2.34 bits per heavy atom. The van der Waals surface area contributed by atoms with Crippen LogP contribution in [-0.2, 0) is 11.3 Å². The van der Waals surface area contributed by atoms with Crippen molar-refractivity contribution in [3.63, 3.8) is 0 Å². The van der Waals surface area contributed by atoms with Crippen LogP contribution in [0.25, 0.3) is 0 Å². The Hall–Kier alpha value is -3.27. The Bertz CT molecular complexity index is 841. The van der Waals surface area contributed by atoms with E-state index in [-0.39, 0.29) is 24.4 Å². The molecule has 0 fully saturated rings. The summed E-state index contributed by atoms with van der Waals surface area (Å²) < 4.78 is 46.4. The van der Waals surface area contributed by atoms with Crippen molar-refractivity contribution >= 4 is 17.6 Å². The number of hydrogen-bond acceptors (Lipinski definition) is 5. The van der Waals surface area contributed by atoms with Crippen molar-refractivity contribution in [2.75, 3.05) is 26.0 Å². The van der Waals surface area contributed by atoms with Crippen LogP contribution in [-0.4, -0.2) is 43.9 Å². The van der Waals surface area contributed by atoms with Gasteiger partial charge in [-0.2, -0.15) is 0 Å². The summed E-state index contributed by atoms with van der Waals surface area (Å²) in [6, 6.07) is 11.4. The zero-order valence-electron chi connectivity index (χ0n) is 15.7. The first-order valence-electron chi connectivity index (χ1n) is 8.43. The molecule has 29 heavy (non-hydrogen) atoms. The first-order chi connectivity index (χ1) is 13.7. The van der Waals surface area contributed by atoms with Crippen molar-refractivity contribution in [1.29, 1.82) is 0 Å². The monoisotopic (exact) mass is 411 g/mol. The molecule has 2 aromatic rings.